The van der Waals surface area contributed by atoms with E-state index in [-0.39, 0.29) is 208 Å². The van der Waals surface area contributed by atoms with Crippen molar-refractivity contribution in [1.82, 2.24) is 41.2 Å². The summed E-state index contributed by atoms with van der Waals surface area (Å²) in [5.41, 5.74) is 2.10. The lowest BCUT2D eigenvalue weighted by Gasteiger charge is -3.10. The number of carboxylic acid groups (broad SMARTS) is 4. The molecule has 4 atom stereocenters. The van der Waals surface area contributed by atoms with Crippen molar-refractivity contribution in [3.63, 3.8) is 0 Å². The normalized spacial score (nSPS) is 42.1. The molecule has 28 nitrogen and oxygen atoms in total. The van der Waals surface area contributed by atoms with Gasteiger partial charge in [0, 0.05) is 96.3 Å². The van der Waals surface area contributed by atoms with E-state index in [0.29, 0.717) is 93.9 Å². The van der Waals surface area contributed by atoms with Crippen LogP contribution in [0, 0.1) is 233 Å². The monoisotopic (exact) mass is 2140 g/mol. The minimum absolute atomic E-state index is 0.0815. The maximum Gasteiger partial charge on any atom is 0.338 e. The van der Waals surface area contributed by atoms with Crippen LogP contribution in [0.25, 0.3) is 0 Å². The van der Waals surface area contributed by atoms with Crippen molar-refractivity contribution in [3.8, 4) is 0 Å². The van der Waals surface area contributed by atoms with Gasteiger partial charge in [-0.2, -0.15) is 0 Å². The fourth-order valence-electron chi connectivity index (χ4n) is 36.8. The average Bonchev–Trinajstić information content (AvgIpc) is 1.55. The maximum absolute atomic E-state index is 14.6. The number of allylic oxidation sites excluding steroid dienone is 4. The van der Waals surface area contributed by atoms with Crippen LogP contribution in [-0.2, 0) is 57.3 Å². The zero-order valence-electron chi connectivity index (χ0n) is 73.6. The lowest BCUT2D eigenvalue weighted by atomic mass is 8.92. The molecule has 0 spiro atoms. The molecule has 36 rings (SSSR count). The molecule has 4 aliphatic heterocycles. The van der Waals surface area contributed by atoms with Crippen LogP contribution in [0.4, 0.5) is 30.7 Å². The molecule has 8 aromatic rings. The molecule has 0 radical (unpaired) electrons. The summed E-state index contributed by atoms with van der Waals surface area (Å²) in [7, 11) is 2.57. The van der Waals surface area contributed by atoms with E-state index < -0.39 is 134 Å². The van der Waals surface area contributed by atoms with Gasteiger partial charge in [-0.15, -0.1) is 45.3 Å². The first-order chi connectivity index (χ1) is 67.9. The molecule has 28 aliphatic rings. The number of carbonyl (C=O) groups is 8. The largest absolute Gasteiger partial charge is 0.481 e. The third-order valence-corrected chi connectivity index (χ3v) is 45.1. The Morgan fingerprint density at radius 2 is 0.617 bits per heavy atom. The van der Waals surface area contributed by atoms with Crippen LogP contribution in [0.5, 0.6) is 0 Å². The first-order valence-corrected chi connectivity index (χ1v) is 51.9. The van der Waals surface area contributed by atoms with Crippen LogP contribution in [0.1, 0.15) is 85.9 Å². The summed E-state index contributed by atoms with van der Waals surface area (Å²) < 4.78 is 121. The number of carbonyl (C=O) groups excluding carboxylic acids is 4. The van der Waals surface area contributed by atoms with Gasteiger partial charge >= 0.3 is 47.8 Å². The number of rotatable bonds is 22. The number of esters is 4. The number of halogens is 10. The van der Waals surface area contributed by atoms with Crippen molar-refractivity contribution in [2.24, 2.45) is 205 Å². The summed E-state index contributed by atoms with van der Waals surface area (Å²) >= 11 is 18.3. The molecule has 24 saturated carbocycles. The van der Waals surface area contributed by atoms with Gasteiger partial charge in [0.1, 0.15) is 30.0 Å². The number of aliphatic imine (C=N–C) groups is 4. The maximum atomic E-state index is 14.6. The number of thiazole rings is 4. The standard InChI is InChI=1S/C25H18BrF2N3O4S.C25H19ClFN3O4S.C25H19F2N3O4S.C24H16BrF2N3O4S/c1-2-35-22(32)9-18(7-3-4-8(27)17(28)16(7)26)30-20(21-29-5-6-36-21)31-19(9)24-10-13-11(24)15-12(24)14(10)25(13,15)23(33)34;1-2-34-22(31)10-18(8-4-3-5-9(27)17(8)26)29-20(21-28-6-7-35-21)30-19(10)24-11-14-12(24)16-13(24)15(11)25(14,16)23(32)33;1-7-8(3-4-9(26)17(7)27)18-10(22(31)34-2)19(30-20(29-18)21-28-5-6-35-21)24-11-14-12(24)16-13(24)15(11)25(14,16)23(32)33;1-34-21(31)8-17(6-2-3-7(26)16(27)15(6)25)29-19(20-28-4-5-35-20)30-18(8)23-9-12-10(23)14-11(23)13(9)24(12,14)22(32)33/h3-6,10-15,18H,2H2,1H3,(H,30,31)(H,33,34);3-7,11-16,18H,2H2,1H3,(H,29,30)(H,32,33);3-6,11-16,18H,1-2H3,(H,29,30)(H,32,33);2-5,9-14,17H,1H3,(H,29,30)(H,32,33). The van der Waals surface area contributed by atoms with E-state index in [1.54, 1.807) is 50.8 Å². The second-order valence-corrected chi connectivity index (χ2v) is 47.0. The van der Waals surface area contributed by atoms with Gasteiger partial charge in [0.15, 0.2) is 78.3 Å². The number of aliphatic carboxylic acids is 4. The van der Waals surface area contributed by atoms with E-state index in [0.717, 1.165) is 23.9 Å². The molecule has 24 aliphatic carbocycles. The molecule has 0 amide bonds. The first-order valence-electron chi connectivity index (χ1n) is 46.5. The van der Waals surface area contributed by atoms with Crippen molar-refractivity contribution >= 4 is 160 Å². The molecule has 4 aromatic heterocycles. The first kappa shape index (κ1) is 86.4. The van der Waals surface area contributed by atoms with E-state index in [1.165, 1.54) is 90.8 Å². The van der Waals surface area contributed by atoms with Gasteiger partial charge in [0.05, 0.1) is 85.4 Å². The highest BCUT2D eigenvalue weighted by Gasteiger charge is 3.16. The topological polar surface area (TPSA) is 404 Å². The summed E-state index contributed by atoms with van der Waals surface area (Å²) in [5, 5.41) is 62.9. The Labute approximate surface area is 829 Å². The van der Waals surface area contributed by atoms with Crippen LogP contribution < -0.4 is 21.3 Å². The fraction of sp³-hybridized carbons (Fsp3) is 0.434. The van der Waals surface area contributed by atoms with E-state index in [1.807, 2.05) is 21.5 Å². The van der Waals surface area contributed by atoms with Crippen LogP contribution >= 0.6 is 88.8 Å². The summed E-state index contributed by atoms with van der Waals surface area (Å²) in [6, 6.07) is 8.26. The second-order valence-electron chi connectivity index (χ2n) is 41.5. The Kier molecular flexibility index (Phi) is 16.8. The minimum atomic E-state index is -1.06. The molecule has 4 aromatic carbocycles. The van der Waals surface area contributed by atoms with Gasteiger partial charge in [-0.25, -0.2) is 69.8 Å². The van der Waals surface area contributed by atoms with Crippen LogP contribution in [0.3, 0.4) is 0 Å². The third-order valence-electron chi connectivity index (χ3n) is 39.9. The summed E-state index contributed by atoms with van der Waals surface area (Å²) in [6.07, 6.45) is 6.63. The van der Waals surface area contributed by atoms with E-state index in [2.05, 4.69) is 73.1 Å². The number of amidine groups is 4. The third kappa shape index (κ3) is 8.56. The number of carboxylic acids is 4. The number of aromatic nitrogens is 4. The van der Waals surface area contributed by atoms with Gasteiger partial charge < -0.3 is 60.6 Å². The number of hydrogen-bond donors (Lipinski definition) is 8. The SMILES string of the molecule is CCOC(=O)C1=C(C23C4C5C2C2C3C4C52C(=O)O)NC(c2nccs2)=NC1c1ccc(F)c(F)c1Br.CCOC(=O)C1=C(C23C4C5C2C2C3C4C52C(=O)O)NC(c2nccs2)=NC1c1cccc(F)c1Cl.COC(=O)C1=C(C23C4C5C2C2C3C4C52C(=O)O)NC(c2nccs2)=NC1c1ccc(F)c(F)c1Br.COC(=O)C1=C(C23C4C5C2C2C3C4C52C(=O)O)NC(c2nccs2)=NC1c1ccc(F)c(F)c1C. The lowest BCUT2D eigenvalue weighted by Crippen LogP contribution is -3.11. The zero-order chi connectivity index (χ0) is 97.3. The molecular weight excluding hydrogens is 2070 g/mol. The van der Waals surface area contributed by atoms with E-state index in [9.17, 15) is 89.5 Å². The van der Waals surface area contributed by atoms with Crippen molar-refractivity contribution in [2.75, 3.05) is 27.4 Å². The zero-order valence-corrected chi connectivity index (χ0v) is 80.8. The van der Waals surface area contributed by atoms with Gasteiger partial charge in [-0.1, -0.05) is 41.9 Å². The van der Waals surface area contributed by atoms with Gasteiger partial charge in [-0.3, -0.25) is 39.1 Å². The van der Waals surface area contributed by atoms with Gasteiger partial charge in [0.2, 0.25) is 0 Å². The average molecular weight is 2140 g/mol. The highest BCUT2D eigenvalue weighted by atomic mass is 79.9. The Morgan fingerprint density at radius 1 is 0.362 bits per heavy atom. The number of ether oxygens (including phenoxy) is 4. The van der Waals surface area contributed by atoms with E-state index >= 15 is 0 Å². The number of nitrogens with zero attached hydrogens (tertiary/aromatic N) is 8. The smallest absolute Gasteiger partial charge is 0.338 e. The second kappa shape index (κ2) is 27.4. The van der Waals surface area contributed by atoms with Gasteiger partial charge in [0.25, 0.3) is 0 Å². The van der Waals surface area contributed by atoms with Crippen LogP contribution in [-0.4, -0.2) is 139 Å². The fourth-order valence-corrected chi connectivity index (χ4v) is 40.4. The molecule has 141 heavy (non-hydrogen) atoms. The molecule has 718 valence electrons. The number of benzene rings is 4. The number of nitrogens with one attached hydrogen (secondary N) is 4. The Bertz CT molecular complexity index is 7180. The highest BCUT2D eigenvalue weighted by Crippen LogP contribution is 3.15. The lowest BCUT2D eigenvalue weighted by molar-refractivity contribution is -0.633. The minimum Gasteiger partial charge on any atom is -0.481 e. The molecule has 42 heteroatoms. The van der Waals surface area contributed by atoms with Crippen LogP contribution in [0.15, 0.2) is 175 Å². The van der Waals surface area contributed by atoms with E-state index in [4.69, 9.17) is 50.5 Å². The van der Waals surface area contributed by atoms with Crippen LogP contribution in [0.2, 0.25) is 5.02 Å². The Morgan fingerprint density at radius 3 is 0.872 bits per heavy atom. The molecule has 8 N–H and O–H groups in total. The molecule has 0 saturated heterocycles. The molecule has 24 fully saturated rings. The number of hydrogen-bond acceptors (Lipinski definition) is 28. The molecule has 8 heterocycles. The van der Waals surface area contributed by atoms with Crippen molar-refractivity contribution in [3.05, 3.63) is 249 Å². The summed E-state index contributed by atoms with van der Waals surface area (Å²) in [4.78, 5) is 138. The predicted octanol–water partition coefficient (Wildman–Crippen LogP) is 14.2. The van der Waals surface area contributed by atoms with Crippen molar-refractivity contribution < 1.29 is 108 Å². The molecule has 0 bridgehead atoms. The quantitative estimate of drug-likeness (QED) is 0.0135. The van der Waals surface area contributed by atoms with Crippen molar-refractivity contribution in [2.45, 2.75) is 44.9 Å². The van der Waals surface area contributed by atoms with Gasteiger partial charge in [-0.05, 0) is 241 Å². The molecular formula is C99H72Br2ClF7N12O16S4. The highest BCUT2D eigenvalue weighted by molar-refractivity contribution is 9.10. The predicted molar refractivity (Wildman–Crippen MR) is 488 cm³/mol. The summed E-state index contributed by atoms with van der Waals surface area (Å²) in [6.45, 7) is 5.25. The van der Waals surface area contributed by atoms with Crippen molar-refractivity contribution in [1.29, 1.82) is 0 Å². The molecule has 4 unspecified atom stereocenters. The summed E-state index contributed by atoms with van der Waals surface area (Å²) in [5.74, 6) is -5.37. The Hall–Kier alpha value is -11.2. The Balaban J connectivity index is 0.0000000900. The number of methoxy groups -OCH3 is 2.